The smallest absolute Gasteiger partial charge is 0.236 e. The molecule has 0 saturated heterocycles. The first kappa shape index (κ1) is 17.3. The van der Waals surface area contributed by atoms with Crippen LogP contribution in [0, 0.1) is 11.3 Å². The van der Waals surface area contributed by atoms with E-state index in [1.807, 2.05) is 6.92 Å². The van der Waals surface area contributed by atoms with Crippen LogP contribution in [0.15, 0.2) is 0 Å². The van der Waals surface area contributed by atoms with Gasteiger partial charge in [0.15, 0.2) is 0 Å². The SMILES string of the molecule is COCCN(C(=O)C1(C(N)=S)CC(C)C1)C(C)COC. The quantitative estimate of drug-likeness (QED) is 0.683. The Balaban J connectivity index is 2.88. The lowest BCUT2D eigenvalue weighted by Gasteiger charge is -2.47. The van der Waals surface area contributed by atoms with Crippen molar-refractivity contribution in [3.05, 3.63) is 0 Å². The van der Waals surface area contributed by atoms with E-state index in [1.165, 1.54) is 0 Å². The second-order valence-corrected chi connectivity index (χ2v) is 6.20. The lowest BCUT2D eigenvalue weighted by molar-refractivity contribution is -0.148. The summed E-state index contributed by atoms with van der Waals surface area (Å²) in [5.74, 6) is 0.507. The van der Waals surface area contributed by atoms with E-state index >= 15 is 0 Å². The molecule has 0 spiro atoms. The van der Waals surface area contributed by atoms with Crippen molar-refractivity contribution in [2.75, 3.05) is 34.0 Å². The fraction of sp³-hybridized carbons (Fsp3) is 0.857. The number of carbonyl (C=O) groups is 1. The minimum atomic E-state index is -0.662. The van der Waals surface area contributed by atoms with Gasteiger partial charge in [-0.3, -0.25) is 4.79 Å². The molecule has 1 atom stereocenters. The number of ether oxygens (including phenoxy) is 2. The van der Waals surface area contributed by atoms with E-state index in [2.05, 4.69) is 6.92 Å². The summed E-state index contributed by atoms with van der Waals surface area (Å²) >= 11 is 5.16. The summed E-state index contributed by atoms with van der Waals surface area (Å²) in [5.41, 5.74) is 5.20. The molecule has 0 bridgehead atoms. The van der Waals surface area contributed by atoms with Crippen LogP contribution in [-0.2, 0) is 14.3 Å². The van der Waals surface area contributed by atoms with E-state index in [1.54, 1.807) is 19.1 Å². The summed E-state index contributed by atoms with van der Waals surface area (Å²) in [7, 11) is 3.25. The molecule has 1 aliphatic carbocycles. The molecule has 0 radical (unpaired) electrons. The molecule has 1 amide bonds. The van der Waals surface area contributed by atoms with Gasteiger partial charge in [0.1, 0.15) is 0 Å². The molecule has 1 aliphatic rings. The molecular weight excluding hydrogens is 276 g/mol. The molecule has 0 aliphatic heterocycles. The van der Waals surface area contributed by atoms with Gasteiger partial charge < -0.3 is 20.1 Å². The third kappa shape index (κ3) is 3.48. The minimum Gasteiger partial charge on any atom is -0.392 e. The molecule has 1 fully saturated rings. The monoisotopic (exact) mass is 302 g/mol. The van der Waals surface area contributed by atoms with Crippen LogP contribution >= 0.6 is 12.2 Å². The number of amides is 1. The van der Waals surface area contributed by atoms with Gasteiger partial charge in [0.2, 0.25) is 5.91 Å². The van der Waals surface area contributed by atoms with Crippen molar-refractivity contribution in [2.24, 2.45) is 17.1 Å². The molecule has 2 N–H and O–H groups in total. The van der Waals surface area contributed by atoms with Gasteiger partial charge in [0.25, 0.3) is 0 Å². The van der Waals surface area contributed by atoms with Gasteiger partial charge in [-0.05, 0) is 25.7 Å². The minimum absolute atomic E-state index is 0.0182. The van der Waals surface area contributed by atoms with Crippen LogP contribution in [0.25, 0.3) is 0 Å². The first-order chi connectivity index (χ1) is 9.39. The van der Waals surface area contributed by atoms with Crippen LogP contribution in [0.5, 0.6) is 0 Å². The molecule has 5 nitrogen and oxygen atoms in total. The third-order valence-electron chi connectivity index (χ3n) is 4.01. The highest BCUT2D eigenvalue weighted by Crippen LogP contribution is 2.47. The number of nitrogens with zero attached hydrogens (tertiary/aromatic N) is 1. The van der Waals surface area contributed by atoms with Crippen LogP contribution in [-0.4, -0.2) is 55.8 Å². The highest BCUT2D eigenvalue weighted by atomic mass is 32.1. The Morgan fingerprint density at radius 2 is 2.05 bits per heavy atom. The fourth-order valence-corrected chi connectivity index (χ4v) is 3.18. The predicted molar refractivity (Wildman–Crippen MR) is 82.5 cm³/mol. The van der Waals surface area contributed by atoms with Crippen LogP contribution in [0.4, 0.5) is 0 Å². The van der Waals surface area contributed by atoms with Crippen molar-refractivity contribution < 1.29 is 14.3 Å². The first-order valence-electron chi connectivity index (χ1n) is 6.98. The third-order valence-corrected chi connectivity index (χ3v) is 4.40. The van der Waals surface area contributed by atoms with E-state index in [9.17, 15) is 4.79 Å². The first-order valence-corrected chi connectivity index (χ1v) is 7.38. The zero-order chi connectivity index (χ0) is 15.3. The summed E-state index contributed by atoms with van der Waals surface area (Å²) < 4.78 is 10.3. The largest absolute Gasteiger partial charge is 0.392 e. The van der Waals surface area contributed by atoms with Crippen LogP contribution < -0.4 is 5.73 Å². The normalized spacial score (nSPS) is 26.7. The Labute approximate surface area is 126 Å². The van der Waals surface area contributed by atoms with Crippen molar-refractivity contribution in [2.45, 2.75) is 32.7 Å². The molecule has 0 aromatic heterocycles. The number of rotatable bonds is 8. The van der Waals surface area contributed by atoms with Crippen LogP contribution in [0.1, 0.15) is 26.7 Å². The predicted octanol–water partition coefficient (Wildman–Crippen LogP) is 1.20. The number of thiocarbonyl (C=S) groups is 1. The maximum absolute atomic E-state index is 12.9. The molecule has 20 heavy (non-hydrogen) atoms. The van der Waals surface area contributed by atoms with Crippen molar-refractivity contribution >= 4 is 23.1 Å². The molecule has 1 unspecified atom stereocenters. The number of hydrogen-bond acceptors (Lipinski definition) is 4. The van der Waals surface area contributed by atoms with E-state index in [4.69, 9.17) is 27.4 Å². The van der Waals surface area contributed by atoms with Gasteiger partial charge in [0, 0.05) is 20.8 Å². The van der Waals surface area contributed by atoms with E-state index in [0.717, 1.165) is 12.8 Å². The van der Waals surface area contributed by atoms with Crippen molar-refractivity contribution in [3.8, 4) is 0 Å². The van der Waals surface area contributed by atoms with Crippen molar-refractivity contribution in [3.63, 3.8) is 0 Å². The molecule has 0 aromatic rings. The van der Waals surface area contributed by atoms with Crippen LogP contribution in [0.3, 0.4) is 0 Å². The maximum atomic E-state index is 12.9. The van der Waals surface area contributed by atoms with Gasteiger partial charge >= 0.3 is 0 Å². The van der Waals surface area contributed by atoms with Gasteiger partial charge in [0.05, 0.1) is 29.7 Å². The molecule has 1 saturated carbocycles. The Morgan fingerprint density at radius 3 is 2.45 bits per heavy atom. The molecule has 0 aromatic carbocycles. The number of methoxy groups -OCH3 is 2. The fourth-order valence-electron chi connectivity index (χ4n) is 2.93. The standard InChI is InChI=1S/C14H26N2O3S/c1-10-7-14(8-10,12(15)20)13(17)16(5-6-18-3)11(2)9-19-4/h10-11H,5-9H2,1-4H3,(H2,15,20). The van der Waals surface area contributed by atoms with Crippen LogP contribution in [0.2, 0.25) is 0 Å². The molecule has 6 heteroatoms. The van der Waals surface area contributed by atoms with Crippen molar-refractivity contribution in [1.82, 2.24) is 4.90 Å². The average molecular weight is 302 g/mol. The zero-order valence-electron chi connectivity index (χ0n) is 12.8. The van der Waals surface area contributed by atoms with E-state index in [-0.39, 0.29) is 11.9 Å². The van der Waals surface area contributed by atoms with E-state index < -0.39 is 5.41 Å². The Morgan fingerprint density at radius 1 is 1.45 bits per heavy atom. The molecule has 0 heterocycles. The van der Waals surface area contributed by atoms with Gasteiger partial charge in [-0.2, -0.15) is 0 Å². The highest BCUT2D eigenvalue weighted by Gasteiger charge is 2.52. The second-order valence-electron chi connectivity index (χ2n) is 5.76. The number of nitrogens with two attached hydrogens (primary N) is 1. The van der Waals surface area contributed by atoms with Crippen molar-refractivity contribution in [1.29, 1.82) is 0 Å². The summed E-state index contributed by atoms with van der Waals surface area (Å²) in [6, 6.07) is -0.0234. The average Bonchev–Trinajstić information content (AvgIpc) is 2.34. The molecular formula is C14H26N2O3S. The second kappa shape index (κ2) is 7.33. The topological polar surface area (TPSA) is 64.8 Å². The molecule has 1 rings (SSSR count). The number of hydrogen-bond donors (Lipinski definition) is 1. The summed E-state index contributed by atoms with van der Waals surface area (Å²) in [6.45, 7) is 5.58. The van der Waals surface area contributed by atoms with E-state index in [0.29, 0.717) is 30.7 Å². The Bertz CT molecular complexity index is 356. The summed E-state index contributed by atoms with van der Waals surface area (Å²) in [5, 5.41) is 0. The summed E-state index contributed by atoms with van der Waals surface area (Å²) in [4.78, 5) is 15.0. The molecule has 116 valence electrons. The summed E-state index contributed by atoms with van der Waals surface area (Å²) in [6.07, 6.45) is 1.48. The van der Waals surface area contributed by atoms with Gasteiger partial charge in [-0.1, -0.05) is 19.1 Å². The van der Waals surface area contributed by atoms with Gasteiger partial charge in [-0.25, -0.2) is 0 Å². The maximum Gasteiger partial charge on any atom is 0.236 e. The Hall–Kier alpha value is -0.720. The zero-order valence-corrected chi connectivity index (χ0v) is 13.7. The highest BCUT2D eigenvalue weighted by molar-refractivity contribution is 7.80. The lowest BCUT2D eigenvalue weighted by atomic mass is 9.61. The Kier molecular flexibility index (Phi) is 6.36. The lowest BCUT2D eigenvalue weighted by Crippen LogP contribution is -2.59. The van der Waals surface area contributed by atoms with Gasteiger partial charge in [-0.15, -0.1) is 0 Å². The number of carbonyl (C=O) groups excluding carboxylic acids is 1.